The second-order valence-electron chi connectivity index (χ2n) is 4.61. The smallest absolute Gasteiger partial charge is 0.0727 e. The molecule has 0 N–H and O–H groups in total. The number of aryl methyl sites for hydroxylation is 1. The predicted molar refractivity (Wildman–Crippen MR) is 86.9 cm³/mol. The van der Waals surface area contributed by atoms with Crippen molar-refractivity contribution in [2.45, 2.75) is 6.92 Å². The Morgan fingerprint density at radius 1 is 0.850 bits per heavy atom. The molecule has 1 nitrogen and oxygen atoms in total. The Hall–Kier alpha value is -1.28. The van der Waals surface area contributed by atoms with Gasteiger partial charge in [-0.1, -0.05) is 40.9 Å². The van der Waals surface area contributed by atoms with Crippen LogP contribution >= 0.6 is 34.8 Å². The van der Waals surface area contributed by atoms with Gasteiger partial charge in [0, 0.05) is 21.0 Å². The molecule has 3 aromatic rings. The summed E-state index contributed by atoms with van der Waals surface area (Å²) in [5, 5.41) is 2.96. The molecule has 0 spiro atoms. The quantitative estimate of drug-likeness (QED) is 0.522. The van der Waals surface area contributed by atoms with Crippen LogP contribution in [-0.2, 0) is 0 Å². The third kappa shape index (κ3) is 2.49. The number of pyridine rings is 1. The van der Waals surface area contributed by atoms with E-state index in [1.165, 1.54) is 0 Å². The number of hydrogen-bond acceptors (Lipinski definition) is 1. The van der Waals surface area contributed by atoms with E-state index in [1.807, 2.05) is 43.3 Å². The Morgan fingerprint density at radius 2 is 1.55 bits per heavy atom. The Morgan fingerprint density at radius 3 is 2.30 bits per heavy atom. The Bertz CT molecular complexity index is 812. The minimum atomic E-state index is 0.589. The molecular weight excluding hydrogens is 313 g/mol. The fraction of sp³-hybridized carbons (Fsp3) is 0.0625. The summed E-state index contributed by atoms with van der Waals surface area (Å²) < 4.78 is 0. The van der Waals surface area contributed by atoms with Crippen LogP contribution in [0.2, 0.25) is 15.1 Å². The van der Waals surface area contributed by atoms with Gasteiger partial charge in [-0.2, -0.15) is 0 Å². The van der Waals surface area contributed by atoms with E-state index in [4.69, 9.17) is 34.8 Å². The molecule has 20 heavy (non-hydrogen) atoms. The van der Waals surface area contributed by atoms with Gasteiger partial charge < -0.3 is 0 Å². The van der Waals surface area contributed by atoms with Crippen molar-refractivity contribution >= 4 is 45.7 Å². The van der Waals surface area contributed by atoms with Crippen LogP contribution in [0.4, 0.5) is 0 Å². The minimum absolute atomic E-state index is 0.589. The summed E-state index contributed by atoms with van der Waals surface area (Å²) in [6, 6.07) is 13.1. The molecule has 2 aromatic carbocycles. The van der Waals surface area contributed by atoms with Crippen LogP contribution in [0.5, 0.6) is 0 Å². The van der Waals surface area contributed by atoms with Gasteiger partial charge in [0.1, 0.15) is 0 Å². The van der Waals surface area contributed by atoms with Crippen LogP contribution in [0.1, 0.15) is 5.56 Å². The predicted octanol–water partition coefficient (Wildman–Crippen LogP) is 6.17. The van der Waals surface area contributed by atoms with Crippen LogP contribution in [0, 0.1) is 6.92 Å². The van der Waals surface area contributed by atoms with E-state index in [0.29, 0.717) is 15.1 Å². The molecule has 0 aliphatic carbocycles. The molecule has 3 rings (SSSR count). The highest BCUT2D eigenvalue weighted by molar-refractivity contribution is 6.36. The molecule has 0 aliphatic heterocycles. The monoisotopic (exact) mass is 321 g/mol. The fourth-order valence-electron chi connectivity index (χ4n) is 2.21. The van der Waals surface area contributed by atoms with E-state index in [1.54, 1.807) is 6.07 Å². The molecule has 0 fully saturated rings. The van der Waals surface area contributed by atoms with Crippen molar-refractivity contribution in [2.75, 3.05) is 0 Å². The number of hydrogen-bond donors (Lipinski definition) is 0. The van der Waals surface area contributed by atoms with E-state index < -0.39 is 0 Å². The summed E-state index contributed by atoms with van der Waals surface area (Å²) in [4.78, 5) is 4.65. The van der Waals surface area contributed by atoms with Gasteiger partial charge in [0.2, 0.25) is 0 Å². The normalized spacial score (nSPS) is 11.0. The van der Waals surface area contributed by atoms with Crippen LogP contribution in [0.3, 0.4) is 0 Å². The highest BCUT2D eigenvalue weighted by atomic mass is 35.5. The maximum atomic E-state index is 6.25. The molecule has 0 radical (unpaired) electrons. The van der Waals surface area contributed by atoms with Crippen LogP contribution in [0.15, 0.2) is 42.5 Å². The molecule has 0 aliphatic rings. The molecule has 0 atom stereocenters. The molecule has 0 saturated heterocycles. The first-order valence-electron chi connectivity index (χ1n) is 6.07. The first kappa shape index (κ1) is 13.7. The molecule has 1 aromatic heterocycles. The second-order valence-corrected chi connectivity index (χ2v) is 5.89. The zero-order valence-corrected chi connectivity index (χ0v) is 12.9. The van der Waals surface area contributed by atoms with Gasteiger partial charge in [-0.15, -0.1) is 0 Å². The lowest BCUT2D eigenvalue weighted by Gasteiger charge is -2.09. The largest absolute Gasteiger partial charge is 0.248 e. The van der Waals surface area contributed by atoms with Crippen molar-refractivity contribution in [3.05, 3.63) is 63.1 Å². The van der Waals surface area contributed by atoms with Gasteiger partial charge in [-0.25, -0.2) is 4.98 Å². The third-order valence-electron chi connectivity index (χ3n) is 3.19. The topological polar surface area (TPSA) is 12.9 Å². The Balaban J connectivity index is 2.26. The molecular formula is C16H10Cl3N. The molecule has 0 amide bonds. The van der Waals surface area contributed by atoms with Crippen molar-refractivity contribution < 1.29 is 0 Å². The zero-order valence-electron chi connectivity index (χ0n) is 10.6. The number of rotatable bonds is 1. The Labute approximate surface area is 132 Å². The van der Waals surface area contributed by atoms with E-state index in [0.717, 1.165) is 27.7 Å². The van der Waals surface area contributed by atoms with E-state index in [-0.39, 0.29) is 0 Å². The SMILES string of the molecule is Cc1cc(-c2ccc(Cl)cc2Cl)nc2cc(Cl)ccc12. The van der Waals surface area contributed by atoms with Crippen molar-refractivity contribution in [2.24, 2.45) is 0 Å². The van der Waals surface area contributed by atoms with E-state index in [9.17, 15) is 0 Å². The number of benzene rings is 2. The first-order chi connectivity index (χ1) is 9.54. The highest BCUT2D eigenvalue weighted by Gasteiger charge is 2.09. The molecule has 0 saturated carbocycles. The lowest BCUT2D eigenvalue weighted by atomic mass is 10.1. The summed E-state index contributed by atoms with van der Waals surface area (Å²) in [5.74, 6) is 0. The van der Waals surface area contributed by atoms with Crippen LogP contribution in [0.25, 0.3) is 22.2 Å². The number of aromatic nitrogens is 1. The standard InChI is InChI=1S/C16H10Cl3N/c1-9-6-15(13-5-3-10(17)7-14(13)19)20-16-8-11(18)2-4-12(9)16/h2-8H,1H3. The van der Waals surface area contributed by atoms with Gasteiger partial charge in [0.15, 0.2) is 0 Å². The van der Waals surface area contributed by atoms with E-state index in [2.05, 4.69) is 4.98 Å². The zero-order chi connectivity index (χ0) is 14.3. The molecule has 0 bridgehead atoms. The van der Waals surface area contributed by atoms with Crippen LogP contribution < -0.4 is 0 Å². The molecule has 100 valence electrons. The third-order valence-corrected chi connectivity index (χ3v) is 3.97. The average Bonchev–Trinajstić information content (AvgIpc) is 2.37. The van der Waals surface area contributed by atoms with Gasteiger partial charge in [0.05, 0.1) is 16.2 Å². The van der Waals surface area contributed by atoms with Gasteiger partial charge >= 0.3 is 0 Å². The lowest BCUT2D eigenvalue weighted by molar-refractivity contribution is 1.36. The average molecular weight is 323 g/mol. The maximum Gasteiger partial charge on any atom is 0.0727 e. The fourth-order valence-corrected chi connectivity index (χ4v) is 2.88. The molecule has 4 heteroatoms. The maximum absolute atomic E-state index is 6.25. The minimum Gasteiger partial charge on any atom is -0.248 e. The second kappa shape index (κ2) is 5.25. The number of halogens is 3. The molecule has 1 heterocycles. The molecule has 0 unspecified atom stereocenters. The summed E-state index contributed by atoms with van der Waals surface area (Å²) >= 11 is 18.2. The summed E-state index contributed by atoms with van der Waals surface area (Å²) in [6.07, 6.45) is 0. The summed E-state index contributed by atoms with van der Waals surface area (Å²) in [6.45, 7) is 2.05. The summed E-state index contributed by atoms with van der Waals surface area (Å²) in [5.41, 5.74) is 3.67. The summed E-state index contributed by atoms with van der Waals surface area (Å²) in [7, 11) is 0. The van der Waals surface area contributed by atoms with Crippen molar-refractivity contribution in [1.29, 1.82) is 0 Å². The number of nitrogens with zero attached hydrogens (tertiary/aromatic N) is 1. The van der Waals surface area contributed by atoms with E-state index >= 15 is 0 Å². The Kier molecular flexibility index (Phi) is 3.59. The van der Waals surface area contributed by atoms with Crippen molar-refractivity contribution in [1.82, 2.24) is 4.98 Å². The highest BCUT2D eigenvalue weighted by Crippen LogP contribution is 2.32. The van der Waals surface area contributed by atoms with Gasteiger partial charge in [0.25, 0.3) is 0 Å². The van der Waals surface area contributed by atoms with Gasteiger partial charge in [-0.05, 0) is 48.9 Å². The van der Waals surface area contributed by atoms with Crippen molar-refractivity contribution in [3.8, 4) is 11.3 Å². The van der Waals surface area contributed by atoms with Crippen molar-refractivity contribution in [3.63, 3.8) is 0 Å². The first-order valence-corrected chi connectivity index (χ1v) is 7.20. The lowest BCUT2D eigenvalue weighted by Crippen LogP contribution is -1.89. The van der Waals surface area contributed by atoms with Gasteiger partial charge in [-0.3, -0.25) is 0 Å². The van der Waals surface area contributed by atoms with Crippen LogP contribution in [-0.4, -0.2) is 4.98 Å². The number of fused-ring (bicyclic) bond motifs is 1.